The molecule has 1 saturated heterocycles. The second-order valence-corrected chi connectivity index (χ2v) is 6.97. The van der Waals surface area contributed by atoms with Gasteiger partial charge in [-0.2, -0.15) is 0 Å². The molecule has 2 fully saturated rings. The van der Waals surface area contributed by atoms with Crippen molar-refractivity contribution in [1.82, 2.24) is 15.5 Å². The predicted molar refractivity (Wildman–Crippen MR) is 82.7 cm³/mol. The number of carbonyl (C=O) groups is 1. The van der Waals surface area contributed by atoms with E-state index in [-0.39, 0.29) is 11.4 Å². The topological polar surface area (TPSA) is 44.4 Å². The quantitative estimate of drug-likeness (QED) is 0.825. The minimum absolute atomic E-state index is 0.0526. The Morgan fingerprint density at radius 3 is 2.60 bits per heavy atom. The van der Waals surface area contributed by atoms with E-state index in [9.17, 15) is 4.79 Å². The molecule has 0 aromatic carbocycles. The van der Waals surface area contributed by atoms with Gasteiger partial charge >= 0.3 is 0 Å². The summed E-state index contributed by atoms with van der Waals surface area (Å²) < 4.78 is 0. The Labute approximate surface area is 123 Å². The van der Waals surface area contributed by atoms with Crippen LogP contribution in [0.5, 0.6) is 0 Å². The van der Waals surface area contributed by atoms with Gasteiger partial charge in [-0.05, 0) is 45.8 Å². The molecule has 1 aliphatic carbocycles. The van der Waals surface area contributed by atoms with E-state index in [0.29, 0.717) is 18.4 Å². The molecule has 0 aromatic heterocycles. The van der Waals surface area contributed by atoms with Gasteiger partial charge in [0, 0.05) is 24.5 Å². The van der Waals surface area contributed by atoms with E-state index in [0.717, 1.165) is 32.4 Å². The number of nitrogens with zero attached hydrogens (tertiary/aromatic N) is 1. The number of carbonyl (C=O) groups excluding carboxylic acids is 1. The van der Waals surface area contributed by atoms with E-state index in [2.05, 4.69) is 29.5 Å². The third-order valence-corrected chi connectivity index (χ3v) is 5.29. The zero-order valence-electron chi connectivity index (χ0n) is 13.4. The maximum absolute atomic E-state index is 12.4. The molecular formula is C16H31N3O. The molecule has 20 heavy (non-hydrogen) atoms. The predicted octanol–water partition coefficient (Wildman–Crippen LogP) is 1.76. The highest BCUT2D eigenvalue weighted by Crippen LogP contribution is 2.30. The molecule has 1 amide bonds. The summed E-state index contributed by atoms with van der Waals surface area (Å²) >= 11 is 0. The lowest BCUT2D eigenvalue weighted by Crippen LogP contribution is -2.53. The first kappa shape index (κ1) is 15.8. The zero-order chi connectivity index (χ0) is 14.6. The van der Waals surface area contributed by atoms with E-state index in [4.69, 9.17) is 0 Å². The van der Waals surface area contributed by atoms with Crippen LogP contribution in [-0.2, 0) is 4.79 Å². The van der Waals surface area contributed by atoms with Gasteiger partial charge < -0.3 is 15.5 Å². The van der Waals surface area contributed by atoms with Crippen LogP contribution in [0.2, 0.25) is 0 Å². The largest absolute Gasteiger partial charge is 0.353 e. The van der Waals surface area contributed by atoms with Crippen LogP contribution >= 0.6 is 0 Å². The molecule has 0 bridgehead atoms. The maximum atomic E-state index is 12.4. The van der Waals surface area contributed by atoms with Crippen LogP contribution in [0.3, 0.4) is 0 Å². The van der Waals surface area contributed by atoms with Gasteiger partial charge in [0.15, 0.2) is 0 Å². The zero-order valence-corrected chi connectivity index (χ0v) is 13.4. The monoisotopic (exact) mass is 281 g/mol. The summed E-state index contributed by atoms with van der Waals surface area (Å²) in [5.41, 5.74) is 0.0526. The van der Waals surface area contributed by atoms with E-state index < -0.39 is 0 Å². The summed E-state index contributed by atoms with van der Waals surface area (Å²) in [4.78, 5) is 14.8. The first-order valence-corrected chi connectivity index (χ1v) is 8.21. The molecule has 4 heteroatoms. The minimum atomic E-state index is 0.0526. The van der Waals surface area contributed by atoms with Crippen LogP contribution in [0, 0.1) is 5.92 Å². The fraction of sp³-hybridized carbons (Fsp3) is 0.938. The molecule has 2 unspecified atom stereocenters. The van der Waals surface area contributed by atoms with Crippen LogP contribution in [-0.4, -0.2) is 49.6 Å². The second kappa shape index (κ2) is 6.90. The highest BCUT2D eigenvalue weighted by Gasteiger charge is 2.34. The summed E-state index contributed by atoms with van der Waals surface area (Å²) in [5, 5.41) is 6.72. The molecule has 2 atom stereocenters. The van der Waals surface area contributed by atoms with Crippen molar-refractivity contribution in [3.63, 3.8) is 0 Å². The van der Waals surface area contributed by atoms with Gasteiger partial charge in [0.25, 0.3) is 0 Å². The van der Waals surface area contributed by atoms with Crippen LogP contribution in [0.25, 0.3) is 0 Å². The average Bonchev–Trinajstić information content (AvgIpc) is 2.43. The summed E-state index contributed by atoms with van der Waals surface area (Å²) in [6, 6.07) is 0.358. The van der Waals surface area contributed by atoms with Crippen LogP contribution in [0.4, 0.5) is 0 Å². The third-order valence-electron chi connectivity index (χ3n) is 5.29. The van der Waals surface area contributed by atoms with Gasteiger partial charge in [0.1, 0.15) is 0 Å². The molecule has 2 aliphatic rings. The van der Waals surface area contributed by atoms with Gasteiger partial charge in [-0.15, -0.1) is 0 Å². The second-order valence-electron chi connectivity index (χ2n) is 6.97. The molecular weight excluding hydrogens is 250 g/mol. The van der Waals surface area contributed by atoms with Crippen molar-refractivity contribution in [2.75, 3.05) is 27.2 Å². The third kappa shape index (κ3) is 3.95. The van der Waals surface area contributed by atoms with E-state index >= 15 is 0 Å². The molecule has 0 aromatic rings. The Morgan fingerprint density at radius 2 is 2.00 bits per heavy atom. The molecule has 0 radical (unpaired) electrons. The van der Waals surface area contributed by atoms with Gasteiger partial charge in [-0.3, -0.25) is 4.79 Å². The summed E-state index contributed by atoms with van der Waals surface area (Å²) in [6.45, 7) is 4.42. The molecule has 1 saturated carbocycles. The lowest BCUT2D eigenvalue weighted by atomic mass is 9.79. The van der Waals surface area contributed by atoms with Crippen molar-refractivity contribution < 1.29 is 4.79 Å². The first-order chi connectivity index (χ1) is 9.54. The number of hydrogen-bond donors (Lipinski definition) is 2. The Kier molecular flexibility index (Phi) is 5.44. The molecule has 1 aliphatic heterocycles. The van der Waals surface area contributed by atoms with Crippen molar-refractivity contribution in [1.29, 1.82) is 0 Å². The standard InChI is InChI=1S/C16H31N3O/c1-13-12-19(3)10-7-14(13)18-15(20)11-16(17-2)8-5-4-6-9-16/h13-14,17H,4-12H2,1-3H3,(H,18,20). The van der Waals surface area contributed by atoms with Gasteiger partial charge in [-0.1, -0.05) is 26.2 Å². The maximum Gasteiger partial charge on any atom is 0.222 e. The molecule has 2 rings (SSSR count). The normalized spacial score (nSPS) is 30.9. The average molecular weight is 281 g/mol. The number of rotatable bonds is 4. The van der Waals surface area contributed by atoms with E-state index in [1.54, 1.807) is 0 Å². The number of amides is 1. The Balaban J connectivity index is 1.85. The van der Waals surface area contributed by atoms with Crippen LogP contribution < -0.4 is 10.6 Å². The Hall–Kier alpha value is -0.610. The first-order valence-electron chi connectivity index (χ1n) is 8.21. The SMILES string of the molecule is CNC1(CC(=O)NC2CCN(C)CC2C)CCCCC1. The van der Waals surface area contributed by atoms with Gasteiger partial charge in [0.2, 0.25) is 5.91 Å². The highest BCUT2D eigenvalue weighted by molar-refractivity contribution is 5.77. The van der Waals surface area contributed by atoms with Crippen molar-refractivity contribution >= 4 is 5.91 Å². The molecule has 4 nitrogen and oxygen atoms in total. The molecule has 0 spiro atoms. The van der Waals surface area contributed by atoms with Crippen LogP contribution in [0.1, 0.15) is 51.9 Å². The highest BCUT2D eigenvalue weighted by atomic mass is 16.1. The number of piperidine rings is 1. The van der Waals surface area contributed by atoms with Crippen molar-refractivity contribution in [2.24, 2.45) is 5.92 Å². The van der Waals surface area contributed by atoms with Gasteiger partial charge in [-0.25, -0.2) is 0 Å². The van der Waals surface area contributed by atoms with Gasteiger partial charge in [0.05, 0.1) is 0 Å². The smallest absolute Gasteiger partial charge is 0.222 e. The van der Waals surface area contributed by atoms with Crippen LogP contribution in [0.15, 0.2) is 0 Å². The van der Waals surface area contributed by atoms with Crippen molar-refractivity contribution in [3.8, 4) is 0 Å². The number of likely N-dealkylation sites (tertiary alicyclic amines) is 1. The molecule has 2 N–H and O–H groups in total. The molecule has 1 heterocycles. The fourth-order valence-corrected chi connectivity index (χ4v) is 3.88. The summed E-state index contributed by atoms with van der Waals surface area (Å²) in [5.74, 6) is 0.789. The summed E-state index contributed by atoms with van der Waals surface area (Å²) in [7, 11) is 4.17. The minimum Gasteiger partial charge on any atom is -0.353 e. The van der Waals surface area contributed by atoms with Crippen molar-refractivity contribution in [2.45, 2.75) is 63.5 Å². The lowest BCUT2D eigenvalue weighted by molar-refractivity contribution is -0.124. The summed E-state index contributed by atoms with van der Waals surface area (Å²) in [6.07, 6.45) is 7.81. The Morgan fingerprint density at radius 1 is 1.30 bits per heavy atom. The molecule has 116 valence electrons. The van der Waals surface area contributed by atoms with E-state index in [1.165, 1.54) is 19.3 Å². The lowest BCUT2D eigenvalue weighted by Gasteiger charge is -2.39. The fourth-order valence-electron chi connectivity index (χ4n) is 3.88. The number of hydrogen-bond acceptors (Lipinski definition) is 3. The van der Waals surface area contributed by atoms with E-state index in [1.807, 2.05) is 7.05 Å². The number of nitrogens with one attached hydrogen (secondary N) is 2. The Bertz CT molecular complexity index is 326. The van der Waals surface area contributed by atoms with Crippen molar-refractivity contribution in [3.05, 3.63) is 0 Å².